The molecular formula is C23H28N2O3S. The van der Waals surface area contributed by atoms with Crippen molar-refractivity contribution in [1.29, 1.82) is 0 Å². The Bertz CT molecular complexity index is 1080. The van der Waals surface area contributed by atoms with E-state index in [0.717, 1.165) is 47.0 Å². The van der Waals surface area contributed by atoms with E-state index < -0.39 is 10.0 Å². The van der Waals surface area contributed by atoms with Gasteiger partial charge in [0.2, 0.25) is 0 Å². The molecule has 0 heterocycles. The molecule has 154 valence electrons. The number of sulfonamides is 1. The molecule has 0 saturated carbocycles. The number of rotatable bonds is 6. The highest BCUT2D eigenvalue weighted by Crippen LogP contribution is 2.41. The highest BCUT2D eigenvalue weighted by atomic mass is 32.2. The van der Waals surface area contributed by atoms with Gasteiger partial charge >= 0.3 is 0 Å². The van der Waals surface area contributed by atoms with Gasteiger partial charge in [0.05, 0.1) is 10.6 Å². The molecule has 3 N–H and O–H groups in total. The lowest BCUT2D eigenvalue weighted by Gasteiger charge is -2.19. The minimum atomic E-state index is -3.80. The van der Waals surface area contributed by atoms with Crippen molar-refractivity contribution in [1.82, 2.24) is 0 Å². The summed E-state index contributed by atoms with van der Waals surface area (Å²) in [6.07, 6.45) is 2.53. The Hall–Kier alpha value is -2.44. The van der Waals surface area contributed by atoms with Crippen LogP contribution in [-0.2, 0) is 21.4 Å². The van der Waals surface area contributed by atoms with Crippen LogP contribution in [0.1, 0.15) is 47.6 Å². The van der Waals surface area contributed by atoms with Crippen LogP contribution in [-0.4, -0.2) is 14.7 Å². The fraction of sp³-hybridized carbons (Fsp3) is 0.348. The van der Waals surface area contributed by atoms with E-state index in [9.17, 15) is 13.2 Å². The molecule has 0 radical (unpaired) electrons. The zero-order chi connectivity index (χ0) is 21.3. The summed E-state index contributed by atoms with van der Waals surface area (Å²) >= 11 is 0. The van der Waals surface area contributed by atoms with Gasteiger partial charge in [0.15, 0.2) is 0 Å². The number of aldehydes is 1. The molecule has 3 rings (SSSR count). The van der Waals surface area contributed by atoms with E-state index in [0.29, 0.717) is 28.3 Å². The molecule has 0 saturated heterocycles. The van der Waals surface area contributed by atoms with Gasteiger partial charge in [-0.05, 0) is 74.9 Å². The highest BCUT2D eigenvalue weighted by molar-refractivity contribution is 7.92. The Labute approximate surface area is 173 Å². The molecule has 6 heteroatoms. The zero-order valence-electron chi connectivity index (χ0n) is 17.4. The summed E-state index contributed by atoms with van der Waals surface area (Å²) in [5.74, 6) is -0.228. The molecule has 1 aliphatic carbocycles. The third-order valence-electron chi connectivity index (χ3n) is 5.55. The molecule has 1 unspecified atom stereocenters. The smallest absolute Gasteiger partial charge is 0.262 e. The number of nitrogens with one attached hydrogen (secondary N) is 1. The Morgan fingerprint density at radius 3 is 2.34 bits per heavy atom. The molecule has 2 aromatic rings. The average Bonchev–Trinajstić information content (AvgIpc) is 3.01. The van der Waals surface area contributed by atoms with Gasteiger partial charge in [0.1, 0.15) is 6.29 Å². The molecule has 5 nitrogen and oxygen atoms in total. The van der Waals surface area contributed by atoms with Crippen LogP contribution >= 0.6 is 0 Å². The van der Waals surface area contributed by atoms with E-state index in [1.807, 2.05) is 38.1 Å². The van der Waals surface area contributed by atoms with Crippen LogP contribution < -0.4 is 10.5 Å². The summed E-state index contributed by atoms with van der Waals surface area (Å²) in [7, 11) is -3.80. The Kier molecular flexibility index (Phi) is 5.96. The summed E-state index contributed by atoms with van der Waals surface area (Å²) in [4.78, 5) is 11.9. The predicted octanol–water partition coefficient (Wildman–Crippen LogP) is 4.25. The Morgan fingerprint density at radius 1 is 1.10 bits per heavy atom. The van der Waals surface area contributed by atoms with Gasteiger partial charge in [0, 0.05) is 18.0 Å². The van der Waals surface area contributed by atoms with Crippen LogP contribution in [0, 0.1) is 26.7 Å². The van der Waals surface area contributed by atoms with E-state index in [-0.39, 0.29) is 5.92 Å². The number of carbonyl (C=O) groups is 1. The molecule has 0 amide bonds. The number of aryl methyl sites for hydroxylation is 3. The minimum absolute atomic E-state index is 0.228. The van der Waals surface area contributed by atoms with Gasteiger partial charge < -0.3 is 10.5 Å². The summed E-state index contributed by atoms with van der Waals surface area (Å²) in [5.41, 5.74) is 12.4. The second kappa shape index (κ2) is 8.13. The largest absolute Gasteiger partial charge is 0.326 e. The highest BCUT2D eigenvalue weighted by Gasteiger charge is 2.28. The maximum Gasteiger partial charge on any atom is 0.262 e. The van der Waals surface area contributed by atoms with Crippen LogP contribution in [0.15, 0.2) is 40.8 Å². The molecular weight excluding hydrogens is 384 g/mol. The van der Waals surface area contributed by atoms with Gasteiger partial charge in [-0.25, -0.2) is 8.42 Å². The molecule has 0 spiro atoms. The number of hydrogen-bond donors (Lipinski definition) is 2. The molecule has 0 aromatic heterocycles. The summed E-state index contributed by atoms with van der Waals surface area (Å²) in [5, 5.41) is 0. The fourth-order valence-electron chi connectivity index (χ4n) is 4.35. The number of hydrogen-bond acceptors (Lipinski definition) is 4. The average molecular weight is 413 g/mol. The first kappa shape index (κ1) is 21.3. The van der Waals surface area contributed by atoms with E-state index in [1.54, 1.807) is 19.9 Å². The molecule has 0 fully saturated rings. The van der Waals surface area contributed by atoms with Crippen molar-refractivity contribution in [2.75, 3.05) is 4.72 Å². The number of anilines is 1. The standard InChI is InChI=1S/C23H28N2O3S/c1-14-9-16(3)23(17(4)10-14)29(27,28)25-21-8-6-18(12-24)11-20(21)22-15(2)5-7-19(22)13-26/h6,8-11,13,19,25H,5,7,12,24H2,1-4H3. The summed E-state index contributed by atoms with van der Waals surface area (Å²) in [6.45, 7) is 7.90. The van der Waals surface area contributed by atoms with Crippen molar-refractivity contribution in [3.8, 4) is 0 Å². The van der Waals surface area contributed by atoms with Gasteiger partial charge in [0.25, 0.3) is 10.0 Å². The quantitative estimate of drug-likeness (QED) is 0.694. The maximum atomic E-state index is 13.3. The molecule has 29 heavy (non-hydrogen) atoms. The topological polar surface area (TPSA) is 89.3 Å². The SMILES string of the molecule is CC1=C(c2cc(CN)ccc2NS(=O)(=O)c2c(C)cc(C)cc2C)C(C=O)CC1. The lowest BCUT2D eigenvalue weighted by Crippen LogP contribution is -2.17. The first-order chi connectivity index (χ1) is 13.7. The first-order valence-electron chi connectivity index (χ1n) is 9.77. The third-order valence-corrected chi connectivity index (χ3v) is 7.22. The number of carbonyl (C=O) groups excluding carboxylic acids is 1. The van der Waals surface area contributed by atoms with E-state index in [2.05, 4.69) is 4.72 Å². The number of nitrogens with two attached hydrogens (primary N) is 1. The summed E-state index contributed by atoms with van der Waals surface area (Å²) < 4.78 is 29.4. The van der Waals surface area contributed by atoms with Crippen LogP contribution in [0.5, 0.6) is 0 Å². The van der Waals surface area contributed by atoms with Gasteiger partial charge in [-0.3, -0.25) is 4.72 Å². The second-order valence-electron chi connectivity index (χ2n) is 7.89. The van der Waals surface area contributed by atoms with Crippen molar-refractivity contribution in [2.45, 2.75) is 52.0 Å². The Morgan fingerprint density at radius 2 is 1.76 bits per heavy atom. The molecule has 2 aromatic carbocycles. The van der Waals surface area contributed by atoms with Crippen LogP contribution in [0.2, 0.25) is 0 Å². The number of allylic oxidation sites excluding steroid dienone is 2. The maximum absolute atomic E-state index is 13.3. The van der Waals surface area contributed by atoms with Crippen LogP contribution in [0.3, 0.4) is 0 Å². The zero-order valence-corrected chi connectivity index (χ0v) is 18.2. The van der Waals surface area contributed by atoms with E-state index in [1.165, 1.54) is 0 Å². The predicted molar refractivity (Wildman–Crippen MR) is 117 cm³/mol. The first-order valence-corrected chi connectivity index (χ1v) is 11.2. The van der Waals surface area contributed by atoms with Gasteiger partial charge in [-0.1, -0.05) is 29.3 Å². The lowest BCUT2D eigenvalue weighted by molar-refractivity contribution is -0.109. The lowest BCUT2D eigenvalue weighted by atomic mass is 9.92. The van der Waals surface area contributed by atoms with Crippen LogP contribution in [0.4, 0.5) is 5.69 Å². The molecule has 0 aliphatic heterocycles. The molecule has 1 aliphatic rings. The fourth-order valence-corrected chi connectivity index (χ4v) is 5.89. The molecule has 0 bridgehead atoms. The number of benzene rings is 2. The van der Waals surface area contributed by atoms with E-state index >= 15 is 0 Å². The molecule has 1 atom stereocenters. The monoisotopic (exact) mass is 412 g/mol. The Balaban J connectivity index is 2.13. The van der Waals surface area contributed by atoms with Crippen molar-refractivity contribution < 1.29 is 13.2 Å². The van der Waals surface area contributed by atoms with Crippen molar-refractivity contribution in [2.24, 2.45) is 11.7 Å². The normalized spacial score (nSPS) is 16.9. The van der Waals surface area contributed by atoms with Gasteiger partial charge in [-0.2, -0.15) is 0 Å². The van der Waals surface area contributed by atoms with Crippen molar-refractivity contribution >= 4 is 27.6 Å². The van der Waals surface area contributed by atoms with Gasteiger partial charge in [-0.15, -0.1) is 0 Å². The van der Waals surface area contributed by atoms with E-state index in [4.69, 9.17) is 5.73 Å². The summed E-state index contributed by atoms with van der Waals surface area (Å²) in [6, 6.07) is 9.19. The second-order valence-corrected chi connectivity index (χ2v) is 9.51. The minimum Gasteiger partial charge on any atom is -0.326 e. The third kappa shape index (κ3) is 4.14. The van der Waals surface area contributed by atoms with Crippen LogP contribution in [0.25, 0.3) is 5.57 Å². The van der Waals surface area contributed by atoms with Crippen molar-refractivity contribution in [3.05, 3.63) is 63.7 Å². The van der Waals surface area contributed by atoms with Crippen molar-refractivity contribution in [3.63, 3.8) is 0 Å².